The predicted molar refractivity (Wildman–Crippen MR) is 142 cm³/mol. The highest BCUT2D eigenvalue weighted by molar-refractivity contribution is 6.31. The fourth-order valence-electron chi connectivity index (χ4n) is 4.65. The normalized spacial score (nSPS) is 20.1. The van der Waals surface area contributed by atoms with Crippen LogP contribution in [0, 0.1) is 11.7 Å². The second-order valence-corrected chi connectivity index (χ2v) is 9.72. The van der Waals surface area contributed by atoms with E-state index in [0.717, 1.165) is 5.56 Å². The van der Waals surface area contributed by atoms with Crippen LogP contribution >= 0.6 is 11.6 Å². The molecule has 36 heavy (non-hydrogen) atoms. The lowest BCUT2D eigenvalue weighted by molar-refractivity contribution is -0.131. The van der Waals surface area contributed by atoms with E-state index in [2.05, 4.69) is 4.99 Å². The second-order valence-electron chi connectivity index (χ2n) is 9.29. The maximum absolute atomic E-state index is 14.8. The van der Waals surface area contributed by atoms with Crippen LogP contribution in [0.15, 0.2) is 77.8 Å². The number of nitrogens with zero attached hydrogens (tertiary/aromatic N) is 2. The maximum atomic E-state index is 14.8. The molecule has 0 saturated heterocycles. The Hall–Kier alpha value is -3.10. The summed E-state index contributed by atoms with van der Waals surface area (Å²) in [5.74, 6) is -1.74. The predicted octanol–water partition coefficient (Wildman–Crippen LogP) is 3.56. The molecule has 4 atom stereocenters. The van der Waals surface area contributed by atoms with Crippen molar-refractivity contribution in [2.75, 3.05) is 18.5 Å². The van der Waals surface area contributed by atoms with Gasteiger partial charge in [-0.25, -0.2) is 4.39 Å². The molecule has 3 aromatic rings. The first-order valence-corrected chi connectivity index (χ1v) is 12.1. The summed E-state index contributed by atoms with van der Waals surface area (Å²) >= 11 is 6.28. The number of rotatable bonds is 7. The minimum Gasteiger partial charge on any atom is -0.391 e. The van der Waals surface area contributed by atoms with E-state index in [1.165, 1.54) is 6.07 Å². The molecule has 0 fully saturated rings. The Morgan fingerprint density at radius 2 is 1.81 bits per heavy atom. The average Bonchev–Trinajstić information content (AvgIpc) is 2.98. The van der Waals surface area contributed by atoms with Gasteiger partial charge in [-0.05, 0) is 42.3 Å². The van der Waals surface area contributed by atoms with Gasteiger partial charge in [-0.15, -0.1) is 0 Å². The van der Waals surface area contributed by atoms with Crippen LogP contribution in [0.5, 0.6) is 0 Å². The van der Waals surface area contributed by atoms with Crippen molar-refractivity contribution in [1.29, 1.82) is 0 Å². The molecule has 0 bridgehead atoms. The highest BCUT2D eigenvalue weighted by Crippen LogP contribution is 2.34. The number of nitrogens with two attached hydrogens (primary N) is 2. The summed E-state index contributed by atoms with van der Waals surface area (Å²) in [5, 5.41) is 11.4. The molecule has 4 unspecified atom stereocenters. The van der Waals surface area contributed by atoms with E-state index in [4.69, 9.17) is 23.1 Å². The molecule has 0 saturated carbocycles. The quantitative estimate of drug-likeness (QED) is 0.452. The van der Waals surface area contributed by atoms with Gasteiger partial charge in [0.05, 0.1) is 18.4 Å². The second kappa shape index (κ2) is 10.5. The molecule has 1 aliphatic rings. The number of fused-ring (bicyclic) bond motifs is 1. The van der Waals surface area contributed by atoms with Crippen LogP contribution in [-0.4, -0.2) is 48.0 Å². The molecular formula is C28H30ClFN4O2. The Kier molecular flexibility index (Phi) is 7.57. The molecule has 8 heteroatoms. The molecule has 0 aromatic heterocycles. The first kappa shape index (κ1) is 26.0. The van der Waals surface area contributed by atoms with Gasteiger partial charge in [-0.3, -0.25) is 9.79 Å². The van der Waals surface area contributed by atoms with E-state index < -0.39 is 35.3 Å². The topological polar surface area (TPSA) is 105 Å². The number of benzene rings is 3. The standard InChI is InChI=1S/C28H30ClFN4O2/c1-17(26(35)23(31)14-18-8-4-3-5-9-18)27(36)28(32)16-33-25(20-10-6-7-11-22(20)30)21-15-19(29)12-13-24(21)34(28)2/h3-13,15,17,23,26,35H,14,16,31-32H2,1-2H3. The Bertz CT molecular complexity index is 1290. The molecule has 0 radical (unpaired) electrons. The molecule has 1 heterocycles. The van der Waals surface area contributed by atoms with Gasteiger partial charge in [-0.2, -0.15) is 0 Å². The summed E-state index contributed by atoms with van der Waals surface area (Å²) in [6.07, 6.45) is -0.723. The van der Waals surface area contributed by atoms with Crippen LogP contribution in [0.25, 0.3) is 0 Å². The van der Waals surface area contributed by atoms with Gasteiger partial charge < -0.3 is 21.5 Å². The fourth-order valence-corrected chi connectivity index (χ4v) is 4.82. The van der Waals surface area contributed by atoms with E-state index in [-0.39, 0.29) is 12.1 Å². The molecule has 5 N–H and O–H groups in total. The molecule has 3 aromatic carbocycles. The van der Waals surface area contributed by atoms with E-state index in [9.17, 15) is 14.3 Å². The molecular weight excluding hydrogens is 479 g/mol. The highest BCUT2D eigenvalue weighted by atomic mass is 35.5. The SMILES string of the molecule is CC(C(=O)C1(N)CN=C(c2ccccc2F)c2cc(Cl)ccc2N1C)C(O)C(N)Cc1ccccc1. The number of aliphatic hydroxyl groups is 1. The monoisotopic (exact) mass is 508 g/mol. The van der Waals surface area contributed by atoms with Crippen LogP contribution < -0.4 is 16.4 Å². The molecule has 0 spiro atoms. The first-order valence-electron chi connectivity index (χ1n) is 11.8. The third-order valence-electron chi connectivity index (χ3n) is 6.89. The smallest absolute Gasteiger partial charge is 0.180 e. The lowest BCUT2D eigenvalue weighted by Crippen LogP contribution is -2.65. The first-order chi connectivity index (χ1) is 17.1. The number of halogens is 2. The molecule has 4 rings (SSSR count). The number of anilines is 1. The average molecular weight is 509 g/mol. The Balaban J connectivity index is 1.69. The van der Waals surface area contributed by atoms with Crippen LogP contribution in [0.2, 0.25) is 5.02 Å². The van der Waals surface area contributed by atoms with Gasteiger partial charge in [0.1, 0.15) is 5.82 Å². The summed E-state index contributed by atoms with van der Waals surface area (Å²) < 4.78 is 14.8. The van der Waals surface area contributed by atoms with Gasteiger partial charge in [-0.1, -0.05) is 61.0 Å². The molecule has 1 aliphatic heterocycles. The van der Waals surface area contributed by atoms with Gasteiger partial charge in [0, 0.05) is 40.8 Å². The Labute approximate surface area is 215 Å². The van der Waals surface area contributed by atoms with E-state index >= 15 is 0 Å². The zero-order valence-corrected chi connectivity index (χ0v) is 21.0. The lowest BCUT2D eigenvalue weighted by Gasteiger charge is -2.40. The van der Waals surface area contributed by atoms with Crippen LogP contribution in [0.4, 0.5) is 10.1 Å². The number of Topliss-reactive ketones (excluding diaryl/α,β-unsaturated/α-hetero) is 1. The van der Waals surface area contributed by atoms with Crippen molar-refractivity contribution in [3.63, 3.8) is 0 Å². The number of ketones is 1. The van der Waals surface area contributed by atoms with Crippen molar-refractivity contribution in [2.45, 2.75) is 31.2 Å². The number of carbonyl (C=O) groups excluding carboxylic acids is 1. The highest BCUT2D eigenvalue weighted by Gasteiger charge is 2.45. The third kappa shape index (κ3) is 4.92. The number of likely N-dealkylation sites (N-methyl/N-ethyl adjacent to an activating group) is 1. The summed E-state index contributed by atoms with van der Waals surface area (Å²) in [6, 6.07) is 20.2. The molecule has 0 amide bonds. The van der Waals surface area contributed by atoms with Crippen molar-refractivity contribution in [1.82, 2.24) is 0 Å². The van der Waals surface area contributed by atoms with E-state index in [0.29, 0.717) is 28.4 Å². The lowest BCUT2D eigenvalue weighted by atomic mass is 9.85. The molecule has 0 aliphatic carbocycles. The minimum atomic E-state index is -1.61. The number of hydrogen-bond donors (Lipinski definition) is 3. The van der Waals surface area contributed by atoms with Crippen molar-refractivity contribution >= 4 is 28.8 Å². The summed E-state index contributed by atoms with van der Waals surface area (Å²) in [4.78, 5) is 20.1. The number of aliphatic imine (C=N–C) groups is 1. The van der Waals surface area contributed by atoms with Crippen LogP contribution in [0.1, 0.15) is 23.6 Å². The summed E-state index contributed by atoms with van der Waals surface area (Å²) in [7, 11) is 1.69. The largest absolute Gasteiger partial charge is 0.391 e. The number of aliphatic hydroxyl groups excluding tert-OH is 1. The number of hydrogen-bond acceptors (Lipinski definition) is 6. The van der Waals surface area contributed by atoms with Gasteiger partial charge in [0.2, 0.25) is 0 Å². The van der Waals surface area contributed by atoms with Gasteiger partial charge in [0.15, 0.2) is 11.4 Å². The third-order valence-corrected chi connectivity index (χ3v) is 7.12. The number of benzodiazepines with no additional fused rings is 1. The Morgan fingerprint density at radius 1 is 1.14 bits per heavy atom. The van der Waals surface area contributed by atoms with Crippen LogP contribution in [0.3, 0.4) is 0 Å². The van der Waals surface area contributed by atoms with E-state index in [1.54, 1.807) is 55.3 Å². The maximum Gasteiger partial charge on any atom is 0.180 e. The van der Waals surface area contributed by atoms with Crippen molar-refractivity contribution < 1.29 is 14.3 Å². The Morgan fingerprint density at radius 3 is 2.50 bits per heavy atom. The minimum absolute atomic E-state index is 0.150. The van der Waals surface area contributed by atoms with Crippen molar-refractivity contribution in [2.24, 2.45) is 22.4 Å². The summed E-state index contributed by atoms with van der Waals surface area (Å²) in [6.45, 7) is 1.47. The van der Waals surface area contributed by atoms with Gasteiger partial charge in [0.25, 0.3) is 0 Å². The molecule has 6 nitrogen and oxygen atoms in total. The van der Waals surface area contributed by atoms with Gasteiger partial charge >= 0.3 is 0 Å². The van der Waals surface area contributed by atoms with Crippen molar-refractivity contribution in [3.8, 4) is 0 Å². The van der Waals surface area contributed by atoms with E-state index in [1.807, 2.05) is 30.3 Å². The molecule has 188 valence electrons. The zero-order valence-electron chi connectivity index (χ0n) is 20.2. The van der Waals surface area contributed by atoms with Crippen LogP contribution in [-0.2, 0) is 11.2 Å². The zero-order chi connectivity index (χ0) is 26.0. The number of carbonyl (C=O) groups is 1. The fraction of sp³-hybridized carbons (Fsp3) is 0.286. The van der Waals surface area contributed by atoms with Crippen molar-refractivity contribution in [3.05, 3.63) is 100 Å². The summed E-state index contributed by atoms with van der Waals surface area (Å²) in [5.41, 5.74) is 14.2.